The van der Waals surface area contributed by atoms with E-state index in [0.717, 1.165) is 31.7 Å². The van der Waals surface area contributed by atoms with Crippen LogP contribution >= 0.6 is 0 Å². The molecule has 0 aliphatic carbocycles. The van der Waals surface area contributed by atoms with Crippen LogP contribution in [0.4, 0.5) is 13.2 Å². The molecule has 5 heteroatoms. The highest BCUT2D eigenvalue weighted by atomic mass is 19.4. The van der Waals surface area contributed by atoms with Gasteiger partial charge in [-0.2, -0.15) is 13.2 Å². The molecule has 1 aromatic rings. The predicted octanol–water partition coefficient (Wildman–Crippen LogP) is 3.23. The summed E-state index contributed by atoms with van der Waals surface area (Å²) in [7, 11) is 0. The standard InChI is InChI=1S/C10H13F3N2/c1-2-3-4-5-8-6-9(10(11,12)13)15-7-14-8/h6-7H,2-5H2,1H3. The highest BCUT2D eigenvalue weighted by molar-refractivity contribution is 5.11. The molecule has 2 nitrogen and oxygen atoms in total. The number of hydrogen-bond acceptors (Lipinski definition) is 2. The van der Waals surface area contributed by atoms with E-state index in [2.05, 4.69) is 9.97 Å². The fraction of sp³-hybridized carbons (Fsp3) is 0.600. The van der Waals surface area contributed by atoms with Crippen LogP contribution in [0, 0.1) is 0 Å². The molecule has 0 aliphatic rings. The summed E-state index contributed by atoms with van der Waals surface area (Å²) in [4.78, 5) is 7.02. The Labute approximate surface area is 86.6 Å². The highest BCUT2D eigenvalue weighted by Gasteiger charge is 2.32. The number of hydrogen-bond donors (Lipinski definition) is 0. The van der Waals surface area contributed by atoms with Crippen LogP contribution in [0.15, 0.2) is 12.4 Å². The molecule has 0 N–H and O–H groups in total. The lowest BCUT2D eigenvalue weighted by molar-refractivity contribution is -0.141. The monoisotopic (exact) mass is 218 g/mol. The van der Waals surface area contributed by atoms with Crippen LogP contribution in [0.2, 0.25) is 0 Å². The van der Waals surface area contributed by atoms with Crippen LogP contribution in [0.3, 0.4) is 0 Å². The van der Waals surface area contributed by atoms with Gasteiger partial charge in [-0.15, -0.1) is 0 Å². The first kappa shape index (κ1) is 11.9. The Morgan fingerprint density at radius 1 is 1.20 bits per heavy atom. The summed E-state index contributed by atoms with van der Waals surface area (Å²) in [5.41, 5.74) is -0.394. The summed E-state index contributed by atoms with van der Waals surface area (Å²) in [5, 5.41) is 0. The first-order chi connectivity index (χ1) is 7.04. The molecule has 15 heavy (non-hydrogen) atoms. The zero-order valence-electron chi connectivity index (χ0n) is 8.51. The lowest BCUT2D eigenvalue weighted by atomic mass is 10.1. The van der Waals surface area contributed by atoms with Crippen LogP contribution in [-0.2, 0) is 12.6 Å². The van der Waals surface area contributed by atoms with Gasteiger partial charge in [0.2, 0.25) is 0 Å². The summed E-state index contributed by atoms with van der Waals surface area (Å²) >= 11 is 0. The molecule has 0 fully saturated rings. The normalized spacial score (nSPS) is 11.7. The zero-order chi connectivity index (χ0) is 11.3. The Kier molecular flexibility index (Phi) is 4.05. The summed E-state index contributed by atoms with van der Waals surface area (Å²) in [6, 6.07) is 1.02. The van der Waals surface area contributed by atoms with Crippen molar-refractivity contribution < 1.29 is 13.2 Å². The molecule has 0 bridgehead atoms. The van der Waals surface area contributed by atoms with Crippen molar-refractivity contribution in [1.82, 2.24) is 9.97 Å². The first-order valence-electron chi connectivity index (χ1n) is 4.92. The van der Waals surface area contributed by atoms with Crippen molar-refractivity contribution in [1.29, 1.82) is 0 Å². The molecule has 1 rings (SSSR count). The maximum atomic E-state index is 12.3. The van der Waals surface area contributed by atoms with E-state index in [4.69, 9.17) is 0 Å². The minimum Gasteiger partial charge on any atom is -0.241 e. The Balaban J connectivity index is 2.66. The molecule has 0 atom stereocenters. The second-order valence-corrected chi connectivity index (χ2v) is 3.35. The second kappa shape index (κ2) is 5.09. The van der Waals surface area contributed by atoms with E-state index in [-0.39, 0.29) is 0 Å². The zero-order valence-corrected chi connectivity index (χ0v) is 8.51. The van der Waals surface area contributed by atoms with E-state index >= 15 is 0 Å². The molecular formula is C10H13F3N2. The summed E-state index contributed by atoms with van der Waals surface area (Å²) in [6.45, 7) is 2.04. The molecule has 84 valence electrons. The smallest absolute Gasteiger partial charge is 0.241 e. The molecule has 0 amide bonds. The van der Waals surface area contributed by atoms with Crippen LogP contribution in [0.5, 0.6) is 0 Å². The maximum Gasteiger partial charge on any atom is 0.433 e. The van der Waals surface area contributed by atoms with E-state index in [0.29, 0.717) is 12.1 Å². The van der Waals surface area contributed by atoms with Crippen molar-refractivity contribution >= 4 is 0 Å². The molecule has 1 heterocycles. The topological polar surface area (TPSA) is 25.8 Å². The van der Waals surface area contributed by atoms with Crippen molar-refractivity contribution in [2.45, 2.75) is 38.8 Å². The van der Waals surface area contributed by atoms with Crippen LogP contribution in [0.25, 0.3) is 0 Å². The third-order valence-corrected chi connectivity index (χ3v) is 2.05. The number of alkyl halides is 3. The van der Waals surface area contributed by atoms with Gasteiger partial charge in [0.1, 0.15) is 12.0 Å². The number of aromatic nitrogens is 2. The van der Waals surface area contributed by atoms with Gasteiger partial charge in [0.15, 0.2) is 0 Å². The van der Waals surface area contributed by atoms with E-state index in [9.17, 15) is 13.2 Å². The minimum atomic E-state index is -4.37. The fourth-order valence-electron chi connectivity index (χ4n) is 1.25. The van der Waals surface area contributed by atoms with Crippen molar-refractivity contribution in [3.05, 3.63) is 23.8 Å². The minimum absolute atomic E-state index is 0.464. The fourth-order valence-corrected chi connectivity index (χ4v) is 1.25. The van der Waals surface area contributed by atoms with E-state index < -0.39 is 11.9 Å². The van der Waals surface area contributed by atoms with Gasteiger partial charge in [-0.05, 0) is 18.9 Å². The Hall–Kier alpha value is -1.13. The summed E-state index contributed by atoms with van der Waals surface area (Å²) in [6.07, 6.45) is 0.0966. The number of rotatable bonds is 4. The van der Waals surface area contributed by atoms with Gasteiger partial charge in [0.25, 0.3) is 0 Å². The lowest BCUT2D eigenvalue weighted by Gasteiger charge is -2.06. The quantitative estimate of drug-likeness (QED) is 0.725. The largest absolute Gasteiger partial charge is 0.433 e. The molecule has 0 saturated carbocycles. The maximum absolute atomic E-state index is 12.3. The first-order valence-corrected chi connectivity index (χ1v) is 4.92. The molecule has 1 aromatic heterocycles. The molecule has 0 aliphatic heterocycles. The van der Waals surface area contributed by atoms with Gasteiger partial charge in [-0.3, -0.25) is 0 Å². The summed E-state index contributed by atoms with van der Waals surface area (Å²) < 4.78 is 36.8. The van der Waals surface area contributed by atoms with Gasteiger partial charge in [-0.1, -0.05) is 19.8 Å². The molecule has 0 radical (unpaired) electrons. The van der Waals surface area contributed by atoms with Gasteiger partial charge >= 0.3 is 6.18 Å². The number of unbranched alkanes of at least 4 members (excludes halogenated alkanes) is 2. The number of aryl methyl sites for hydroxylation is 1. The van der Waals surface area contributed by atoms with Crippen LogP contribution < -0.4 is 0 Å². The molecular weight excluding hydrogens is 205 g/mol. The predicted molar refractivity (Wildman–Crippen MR) is 50.3 cm³/mol. The SMILES string of the molecule is CCCCCc1cc(C(F)(F)F)ncn1. The van der Waals surface area contributed by atoms with Crippen molar-refractivity contribution in [3.8, 4) is 0 Å². The van der Waals surface area contributed by atoms with Gasteiger partial charge in [-0.25, -0.2) is 9.97 Å². The van der Waals surface area contributed by atoms with Gasteiger partial charge in [0.05, 0.1) is 0 Å². The Morgan fingerprint density at radius 2 is 1.93 bits per heavy atom. The average molecular weight is 218 g/mol. The molecule has 0 aromatic carbocycles. The molecule has 0 saturated heterocycles. The van der Waals surface area contributed by atoms with Crippen molar-refractivity contribution in [2.75, 3.05) is 0 Å². The third-order valence-electron chi connectivity index (χ3n) is 2.05. The van der Waals surface area contributed by atoms with E-state index in [1.54, 1.807) is 0 Å². The van der Waals surface area contributed by atoms with Crippen LogP contribution in [0.1, 0.15) is 37.6 Å². The van der Waals surface area contributed by atoms with Gasteiger partial charge < -0.3 is 0 Å². The van der Waals surface area contributed by atoms with E-state index in [1.165, 1.54) is 0 Å². The molecule has 0 unspecified atom stereocenters. The van der Waals surface area contributed by atoms with Crippen LogP contribution in [-0.4, -0.2) is 9.97 Å². The number of nitrogens with zero attached hydrogens (tertiary/aromatic N) is 2. The third kappa shape index (κ3) is 3.85. The second-order valence-electron chi connectivity index (χ2n) is 3.35. The molecule has 0 spiro atoms. The summed E-state index contributed by atoms with van der Waals surface area (Å²) in [5.74, 6) is 0. The van der Waals surface area contributed by atoms with Crippen molar-refractivity contribution in [2.24, 2.45) is 0 Å². The van der Waals surface area contributed by atoms with Crippen molar-refractivity contribution in [3.63, 3.8) is 0 Å². The lowest BCUT2D eigenvalue weighted by Crippen LogP contribution is -2.09. The number of halogens is 3. The highest BCUT2D eigenvalue weighted by Crippen LogP contribution is 2.27. The van der Waals surface area contributed by atoms with Gasteiger partial charge in [0, 0.05) is 5.69 Å². The van der Waals surface area contributed by atoms with E-state index in [1.807, 2.05) is 6.92 Å². The Bertz CT molecular complexity index is 310. The average Bonchev–Trinajstić information content (AvgIpc) is 2.17. The Morgan fingerprint density at radius 3 is 2.53 bits per heavy atom.